The summed E-state index contributed by atoms with van der Waals surface area (Å²) in [6.07, 6.45) is 1.37. The topological polar surface area (TPSA) is 95.5 Å². The summed E-state index contributed by atoms with van der Waals surface area (Å²) in [5, 5.41) is 14.2. The number of para-hydroxylation sites is 1. The van der Waals surface area contributed by atoms with Crippen LogP contribution in [0.15, 0.2) is 60.7 Å². The number of hydrogen-bond acceptors (Lipinski definition) is 3. The average molecular weight is 427 g/mol. The predicted octanol–water partition coefficient (Wildman–Crippen LogP) is 4.52. The van der Waals surface area contributed by atoms with Crippen molar-refractivity contribution in [1.29, 1.82) is 0 Å². The van der Waals surface area contributed by atoms with Crippen molar-refractivity contribution in [2.75, 3.05) is 11.9 Å². The molecule has 0 aliphatic carbocycles. The van der Waals surface area contributed by atoms with E-state index in [2.05, 4.69) is 31.4 Å². The second-order valence-electron chi connectivity index (χ2n) is 8.02. The summed E-state index contributed by atoms with van der Waals surface area (Å²) in [5.41, 5.74) is 1.75. The Hall–Kier alpha value is -3.15. The third kappa shape index (κ3) is 12.9. The van der Waals surface area contributed by atoms with Crippen LogP contribution in [0.25, 0.3) is 0 Å². The van der Waals surface area contributed by atoms with E-state index < -0.39 is 11.9 Å². The van der Waals surface area contributed by atoms with Gasteiger partial charge in [0, 0.05) is 18.0 Å². The Bertz CT molecular complexity index is 789. The van der Waals surface area contributed by atoms with Crippen molar-refractivity contribution in [3.8, 4) is 0 Å². The number of carbonyl (C=O) groups excluding carboxylic acids is 2. The lowest BCUT2D eigenvalue weighted by Crippen LogP contribution is -2.37. The van der Waals surface area contributed by atoms with Gasteiger partial charge < -0.3 is 15.7 Å². The van der Waals surface area contributed by atoms with Crippen LogP contribution >= 0.6 is 0 Å². The van der Waals surface area contributed by atoms with Crippen molar-refractivity contribution in [3.05, 3.63) is 66.2 Å². The maximum absolute atomic E-state index is 12.4. The van der Waals surface area contributed by atoms with Gasteiger partial charge in [0.2, 0.25) is 11.8 Å². The lowest BCUT2D eigenvalue weighted by molar-refractivity contribution is -0.137. The maximum Gasteiger partial charge on any atom is 0.303 e. The van der Waals surface area contributed by atoms with Gasteiger partial charge in [0.25, 0.3) is 0 Å². The monoisotopic (exact) mass is 426 g/mol. The van der Waals surface area contributed by atoms with Crippen LogP contribution in [0.5, 0.6) is 0 Å². The summed E-state index contributed by atoms with van der Waals surface area (Å²) in [7, 11) is 0. The molecule has 2 rings (SSSR count). The fourth-order valence-corrected chi connectivity index (χ4v) is 2.73. The molecule has 2 aromatic carbocycles. The molecule has 3 N–H and O–H groups in total. The molecule has 0 aliphatic heterocycles. The second kappa shape index (κ2) is 14.8. The number of benzene rings is 2. The first kappa shape index (κ1) is 25.9. The standard InChI is InChI=1S/C21H24N2O4.C4H10/c24-19(23-18-9-5-2-6-10-18)15-22-21(27)17(13-14-20(25)26)12-11-16-7-3-1-4-8-16;1-4(2)3/h1-10,17H,11-15H2,(H,22,27)(H,23,24)(H,25,26);4H,1-3H3/t17-;/m1./s1. The number of carboxylic acid groups (broad SMARTS) is 1. The Balaban J connectivity index is 0.00000110. The van der Waals surface area contributed by atoms with Gasteiger partial charge in [-0.05, 0) is 42.9 Å². The van der Waals surface area contributed by atoms with E-state index in [0.717, 1.165) is 11.5 Å². The van der Waals surface area contributed by atoms with Gasteiger partial charge in [-0.3, -0.25) is 14.4 Å². The predicted molar refractivity (Wildman–Crippen MR) is 124 cm³/mol. The maximum atomic E-state index is 12.4. The number of nitrogens with one attached hydrogen (secondary N) is 2. The highest BCUT2D eigenvalue weighted by Crippen LogP contribution is 2.16. The van der Waals surface area contributed by atoms with Gasteiger partial charge >= 0.3 is 5.97 Å². The third-order valence-corrected chi connectivity index (χ3v) is 4.18. The summed E-state index contributed by atoms with van der Waals surface area (Å²) < 4.78 is 0. The summed E-state index contributed by atoms with van der Waals surface area (Å²) in [6.45, 7) is 6.35. The average Bonchev–Trinajstić information content (AvgIpc) is 2.73. The minimum absolute atomic E-state index is 0.0803. The number of hydrogen-bond donors (Lipinski definition) is 3. The van der Waals surface area contributed by atoms with Crippen LogP contribution in [-0.4, -0.2) is 29.4 Å². The van der Waals surface area contributed by atoms with Gasteiger partial charge in [-0.15, -0.1) is 0 Å². The summed E-state index contributed by atoms with van der Waals surface area (Å²) in [6, 6.07) is 18.7. The number of aryl methyl sites for hydroxylation is 1. The summed E-state index contributed by atoms with van der Waals surface area (Å²) in [5.74, 6) is -1.18. The highest BCUT2D eigenvalue weighted by Gasteiger charge is 2.20. The van der Waals surface area contributed by atoms with Crippen molar-refractivity contribution in [1.82, 2.24) is 5.32 Å². The molecule has 0 saturated carbocycles. The number of carboxylic acids is 1. The highest BCUT2D eigenvalue weighted by atomic mass is 16.4. The van der Waals surface area contributed by atoms with E-state index in [0.29, 0.717) is 18.5 Å². The normalized spacial score (nSPS) is 11.1. The summed E-state index contributed by atoms with van der Waals surface area (Å²) >= 11 is 0. The molecule has 0 saturated heterocycles. The smallest absolute Gasteiger partial charge is 0.303 e. The zero-order valence-corrected chi connectivity index (χ0v) is 18.6. The molecule has 2 amide bonds. The number of aliphatic carboxylic acids is 1. The van der Waals surface area contributed by atoms with Crippen molar-refractivity contribution in [2.45, 2.75) is 46.5 Å². The van der Waals surface area contributed by atoms with Gasteiger partial charge in [0.05, 0.1) is 6.54 Å². The molecule has 0 unspecified atom stereocenters. The molecule has 0 aliphatic rings. The number of amides is 2. The van der Waals surface area contributed by atoms with E-state index in [9.17, 15) is 14.4 Å². The van der Waals surface area contributed by atoms with Crippen molar-refractivity contribution in [2.24, 2.45) is 11.8 Å². The van der Waals surface area contributed by atoms with E-state index in [4.69, 9.17) is 5.11 Å². The van der Waals surface area contributed by atoms with Crippen LogP contribution < -0.4 is 10.6 Å². The first-order valence-electron chi connectivity index (χ1n) is 10.7. The number of anilines is 1. The number of carbonyl (C=O) groups is 3. The van der Waals surface area contributed by atoms with Gasteiger partial charge in [0.15, 0.2) is 0 Å². The molecule has 0 heterocycles. The molecule has 0 fully saturated rings. The molecule has 31 heavy (non-hydrogen) atoms. The quantitative estimate of drug-likeness (QED) is 0.521. The molecule has 6 heteroatoms. The fraction of sp³-hybridized carbons (Fsp3) is 0.400. The largest absolute Gasteiger partial charge is 0.481 e. The van der Waals surface area contributed by atoms with E-state index >= 15 is 0 Å². The molecule has 1 atom stereocenters. The van der Waals surface area contributed by atoms with Crippen LogP contribution in [-0.2, 0) is 20.8 Å². The third-order valence-electron chi connectivity index (χ3n) is 4.18. The Morgan fingerprint density at radius 1 is 0.871 bits per heavy atom. The molecular weight excluding hydrogens is 392 g/mol. The van der Waals surface area contributed by atoms with Crippen LogP contribution in [0.3, 0.4) is 0 Å². The summed E-state index contributed by atoms with van der Waals surface area (Å²) in [4.78, 5) is 35.3. The highest BCUT2D eigenvalue weighted by molar-refractivity contribution is 5.94. The zero-order chi connectivity index (χ0) is 23.1. The van der Waals surface area contributed by atoms with Crippen molar-refractivity contribution < 1.29 is 19.5 Å². The molecule has 0 spiro atoms. The molecule has 168 valence electrons. The molecule has 0 radical (unpaired) electrons. The fourth-order valence-electron chi connectivity index (χ4n) is 2.73. The first-order chi connectivity index (χ1) is 14.8. The minimum atomic E-state index is -0.936. The van der Waals surface area contributed by atoms with Gasteiger partial charge in [0.1, 0.15) is 0 Å². The Morgan fingerprint density at radius 2 is 1.42 bits per heavy atom. The molecule has 0 bridgehead atoms. The lowest BCUT2D eigenvalue weighted by Gasteiger charge is -2.16. The second-order valence-corrected chi connectivity index (χ2v) is 8.02. The molecule has 0 aromatic heterocycles. The Labute approximate surface area is 185 Å². The minimum Gasteiger partial charge on any atom is -0.481 e. The number of rotatable bonds is 10. The van der Waals surface area contributed by atoms with Gasteiger partial charge in [-0.2, -0.15) is 0 Å². The zero-order valence-electron chi connectivity index (χ0n) is 18.6. The van der Waals surface area contributed by atoms with Crippen LogP contribution in [0, 0.1) is 11.8 Å². The van der Waals surface area contributed by atoms with Crippen LogP contribution in [0.1, 0.15) is 45.6 Å². The molecule has 6 nitrogen and oxygen atoms in total. The van der Waals surface area contributed by atoms with Crippen LogP contribution in [0.4, 0.5) is 5.69 Å². The first-order valence-corrected chi connectivity index (χ1v) is 10.7. The van der Waals surface area contributed by atoms with E-state index in [1.54, 1.807) is 24.3 Å². The SMILES string of the molecule is CC(C)C.O=C(O)CC[C@@H](CCc1ccccc1)C(=O)NCC(=O)Nc1ccccc1. The molecule has 2 aromatic rings. The van der Waals surface area contributed by atoms with Gasteiger partial charge in [-0.25, -0.2) is 0 Å². The molecular formula is C25H34N2O4. The Morgan fingerprint density at radius 3 is 1.97 bits per heavy atom. The van der Waals surface area contributed by atoms with E-state index in [-0.39, 0.29) is 31.2 Å². The van der Waals surface area contributed by atoms with E-state index in [1.165, 1.54) is 0 Å². The van der Waals surface area contributed by atoms with Crippen molar-refractivity contribution >= 4 is 23.5 Å². The lowest BCUT2D eigenvalue weighted by atomic mass is 9.94. The van der Waals surface area contributed by atoms with E-state index in [1.807, 2.05) is 36.4 Å². The van der Waals surface area contributed by atoms with Crippen LogP contribution in [0.2, 0.25) is 0 Å². The van der Waals surface area contributed by atoms with Gasteiger partial charge in [-0.1, -0.05) is 69.3 Å². The Kier molecular flexibility index (Phi) is 12.3. The van der Waals surface area contributed by atoms with Crippen molar-refractivity contribution in [3.63, 3.8) is 0 Å².